The highest BCUT2D eigenvalue weighted by molar-refractivity contribution is 7.15. The number of hydrogen-bond acceptors (Lipinski definition) is 4. The summed E-state index contributed by atoms with van der Waals surface area (Å²) in [7, 11) is 0. The van der Waals surface area contributed by atoms with E-state index in [0.717, 1.165) is 15.6 Å². The first-order valence-electron chi connectivity index (χ1n) is 4.43. The van der Waals surface area contributed by atoms with Crippen LogP contribution in [0.3, 0.4) is 0 Å². The van der Waals surface area contributed by atoms with Gasteiger partial charge in [-0.25, -0.2) is 4.98 Å². The summed E-state index contributed by atoms with van der Waals surface area (Å²) in [5.41, 5.74) is 7.28. The summed E-state index contributed by atoms with van der Waals surface area (Å²) in [5, 5.41) is 7.87. The fourth-order valence-electron chi connectivity index (χ4n) is 1.16. The van der Waals surface area contributed by atoms with Crippen LogP contribution in [0.4, 0.5) is 5.69 Å². The Hall–Kier alpha value is -1.36. The van der Waals surface area contributed by atoms with Crippen LogP contribution in [0.25, 0.3) is 10.6 Å². The molecule has 0 aliphatic carbocycles. The van der Waals surface area contributed by atoms with Crippen LogP contribution in [0.5, 0.6) is 0 Å². The highest BCUT2D eigenvalue weighted by Gasteiger charge is 2.10. The van der Waals surface area contributed by atoms with Crippen molar-refractivity contribution in [3.63, 3.8) is 0 Å². The second-order valence-electron chi connectivity index (χ2n) is 3.42. The first-order valence-corrected chi connectivity index (χ1v) is 5.25. The smallest absolute Gasteiger partial charge is 0.0995 e. The third kappa shape index (κ3) is 1.50. The summed E-state index contributed by atoms with van der Waals surface area (Å²) in [6.45, 7) is 4.25. The Bertz CT molecular complexity index is 429. The second kappa shape index (κ2) is 3.42. The van der Waals surface area contributed by atoms with Crippen LogP contribution in [0.15, 0.2) is 12.4 Å². The molecule has 0 bridgehead atoms. The van der Waals surface area contributed by atoms with Gasteiger partial charge in [-0.2, -0.15) is 5.10 Å². The topological polar surface area (TPSA) is 67.6 Å². The van der Waals surface area contributed by atoms with Gasteiger partial charge in [0.1, 0.15) is 0 Å². The van der Waals surface area contributed by atoms with E-state index in [0.29, 0.717) is 11.6 Å². The van der Waals surface area contributed by atoms with Crippen LogP contribution >= 0.6 is 11.3 Å². The van der Waals surface area contributed by atoms with Gasteiger partial charge in [0.25, 0.3) is 0 Å². The largest absolute Gasteiger partial charge is 0.396 e. The molecule has 2 rings (SSSR count). The van der Waals surface area contributed by atoms with Crippen molar-refractivity contribution in [3.05, 3.63) is 17.4 Å². The van der Waals surface area contributed by atoms with E-state index < -0.39 is 0 Å². The predicted octanol–water partition coefficient (Wildman–Crippen LogP) is 2.24. The number of nitrogens with one attached hydrogen (secondary N) is 1. The number of aromatic amines is 1. The normalized spacial score (nSPS) is 11.1. The molecule has 5 heteroatoms. The van der Waals surface area contributed by atoms with E-state index in [2.05, 4.69) is 29.0 Å². The summed E-state index contributed by atoms with van der Waals surface area (Å²) in [5.74, 6) is 0.456. The van der Waals surface area contributed by atoms with Crippen LogP contribution < -0.4 is 5.73 Å². The monoisotopic (exact) mass is 208 g/mol. The molecule has 0 aromatic carbocycles. The third-order valence-electron chi connectivity index (χ3n) is 1.93. The van der Waals surface area contributed by atoms with Crippen molar-refractivity contribution in [1.82, 2.24) is 15.2 Å². The number of H-pyrrole nitrogens is 1. The molecule has 0 spiro atoms. The van der Waals surface area contributed by atoms with Crippen molar-refractivity contribution in [2.45, 2.75) is 19.8 Å². The van der Waals surface area contributed by atoms with Gasteiger partial charge in [0.15, 0.2) is 0 Å². The first-order chi connectivity index (χ1) is 6.68. The fourth-order valence-corrected chi connectivity index (χ4v) is 2.10. The van der Waals surface area contributed by atoms with Crippen LogP contribution in [0.1, 0.15) is 24.8 Å². The second-order valence-corrected chi connectivity index (χ2v) is 4.48. The zero-order chi connectivity index (χ0) is 10.1. The Morgan fingerprint density at radius 2 is 2.21 bits per heavy atom. The first kappa shape index (κ1) is 9.21. The quantitative estimate of drug-likeness (QED) is 0.795. The molecule has 2 aromatic heterocycles. The molecule has 3 N–H and O–H groups in total. The number of anilines is 1. The molecule has 0 fully saturated rings. The van der Waals surface area contributed by atoms with Crippen LogP contribution in [-0.4, -0.2) is 15.2 Å². The molecular formula is C9H12N4S. The van der Waals surface area contributed by atoms with Gasteiger partial charge in [-0.05, 0) is 0 Å². The maximum atomic E-state index is 5.74. The molecule has 0 atom stereocenters. The van der Waals surface area contributed by atoms with E-state index >= 15 is 0 Å². The van der Waals surface area contributed by atoms with Gasteiger partial charge in [-0.3, -0.25) is 5.10 Å². The lowest BCUT2D eigenvalue weighted by Crippen LogP contribution is -1.83. The highest BCUT2D eigenvalue weighted by atomic mass is 32.1. The van der Waals surface area contributed by atoms with E-state index in [1.54, 1.807) is 17.5 Å². The van der Waals surface area contributed by atoms with Crippen molar-refractivity contribution in [3.8, 4) is 10.6 Å². The molecule has 14 heavy (non-hydrogen) atoms. The fraction of sp³-hybridized carbons (Fsp3) is 0.333. The number of nitrogens with two attached hydrogens (primary N) is 1. The van der Waals surface area contributed by atoms with Gasteiger partial charge in [0.05, 0.1) is 27.5 Å². The summed E-state index contributed by atoms with van der Waals surface area (Å²) < 4.78 is 0. The minimum Gasteiger partial charge on any atom is -0.396 e. The Morgan fingerprint density at radius 3 is 2.71 bits per heavy atom. The number of thiazole rings is 1. The Balaban J connectivity index is 2.39. The molecular weight excluding hydrogens is 196 g/mol. The highest BCUT2D eigenvalue weighted by Crippen LogP contribution is 2.31. The van der Waals surface area contributed by atoms with E-state index in [-0.39, 0.29) is 0 Å². The van der Waals surface area contributed by atoms with E-state index in [4.69, 9.17) is 5.73 Å². The van der Waals surface area contributed by atoms with Crippen molar-refractivity contribution >= 4 is 17.0 Å². The molecule has 74 valence electrons. The zero-order valence-corrected chi connectivity index (χ0v) is 8.93. The van der Waals surface area contributed by atoms with Crippen molar-refractivity contribution < 1.29 is 0 Å². The van der Waals surface area contributed by atoms with E-state index in [1.165, 1.54) is 0 Å². The lowest BCUT2D eigenvalue weighted by atomic mass is 10.2. The third-order valence-corrected chi connectivity index (χ3v) is 3.25. The predicted molar refractivity (Wildman–Crippen MR) is 58.2 cm³/mol. The van der Waals surface area contributed by atoms with Gasteiger partial charge in [-0.1, -0.05) is 13.8 Å². The van der Waals surface area contributed by atoms with E-state index in [1.807, 2.05) is 6.20 Å². The number of hydrogen-bond donors (Lipinski definition) is 2. The van der Waals surface area contributed by atoms with E-state index in [9.17, 15) is 0 Å². The lowest BCUT2D eigenvalue weighted by molar-refractivity contribution is 0.852. The molecule has 0 aliphatic rings. The Morgan fingerprint density at radius 1 is 1.43 bits per heavy atom. The molecule has 0 saturated heterocycles. The molecule has 4 nitrogen and oxygen atoms in total. The minimum absolute atomic E-state index is 0.456. The number of nitrogens with zero attached hydrogens (tertiary/aromatic N) is 2. The average molecular weight is 208 g/mol. The minimum atomic E-state index is 0.456. The maximum Gasteiger partial charge on any atom is 0.0995 e. The Labute approximate surface area is 86.2 Å². The molecule has 0 radical (unpaired) electrons. The average Bonchev–Trinajstić information content (AvgIpc) is 2.71. The molecule has 2 aromatic rings. The molecule has 0 saturated carbocycles. The van der Waals surface area contributed by atoms with Crippen molar-refractivity contribution in [2.75, 3.05) is 5.73 Å². The molecule has 0 aliphatic heterocycles. The number of rotatable bonds is 2. The molecule has 0 unspecified atom stereocenters. The SMILES string of the molecule is CC(C)c1ncc(-c2[nH]ncc2N)s1. The summed E-state index contributed by atoms with van der Waals surface area (Å²) in [6.07, 6.45) is 3.45. The van der Waals surface area contributed by atoms with Gasteiger partial charge >= 0.3 is 0 Å². The standard InChI is InChI=1S/C9H12N4S/c1-5(2)9-11-4-7(14-9)8-6(10)3-12-13-8/h3-5H,10H2,1-2H3,(H,12,13). The van der Waals surface area contributed by atoms with Crippen LogP contribution in [0.2, 0.25) is 0 Å². The Kier molecular flexibility index (Phi) is 2.25. The van der Waals surface area contributed by atoms with Gasteiger partial charge < -0.3 is 5.73 Å². The van der Waals surface area contributed by atoms with Crippen molar-refractivity contribution in [1.29, 1.82) is 0 Å². The summed E-state index contributed by atoms with van der Waals surface area (Å²) in [6, 6.07) is 0. The maximum absolute atomic E-state index is 5.74. The molecule has 0 amide bonds. The summed E-state index contributed by atoms with van der Waals surface area (Å²) in [4.78, 5) is 5.37. The number of nitrogen functional groups attached to an aromatic ring is 1. The van der Waals surface area contributed by atoms with Gasteiger partial charge in [0.2, 0.25) is 0 Å². The van der Waals surface area contributed by atoms with Gasteiger partial charge in [0, 0.05) is 12.1 Å². The van der Waals surface area contributed by atoms with Crippen LogP contribution in [0, 0.1) is 0 Å². The van der Waals surface area contributed by atoms with Gasteiger partial charge in [-0.15, -0.1) is 11.3 Å². The van der Waals surface area contributed by atoms with Crippen LogP contribution in [-0.2, 0) is 0 Å². The summed E-state index contributed by atoms with van der Waals surface area (Å²) >= 11 is 1.65. The van der Waals surface area contributed by atoms with Crippen molar-refractivity contribution in [2.24, 2.45) is 0 Å². The lowest BCUT2D eigenvalue weighted by Gasteiger charge is -1.95. The molecule has 2 heterocycles. The zero-order valence-electron chi connectivity index (χ0n) is 8.11. The number of aromatic nitrogens is 3.